The van der Waals surface area contributed by atoms with Gasteiger partial charge >= 0.3 is 0 Å². The molecule has 1 aromatic rings. The number of nitrogens with two attached hydrogens (primary N) is 1. The number of benzene rings is 1. The molecular weight excluding hydrogens is 272 g/mol. The minimum atomic E-state index is -0.0847. The van der Waals surface area contributed by atoms with Crippen molar-refractivity contribution in [3.63, 3.8) is 0 Å². The second-order valence-corrected chi connectivity index (χ2v) is 5.66. The zero-order valence-electron chi connectivity index (χ0n) is 13.2. The van der Waals surface area contributed by atoms with Crippen LogP contribution in [0.3, 0.4) is 0 Å². The van der Waals surface area contributed by atoms with Gasteiger partial charge in [-0.05, 0) is 44.1 Å². The fraction of sp³-hybridized carbons (Fsp3) is 0.625. The van der Waals surface area contributed by atoms with E-state index in [0.29, 0.717) is 10.8 Å². The summed E-state index contributed by atoms with van der Waals surface area (Å²) >= 11 is 6.09. The van der Waals surface area contributed by atoms with E-state index in [0.717, 1.165) is 25.1 Å². The quantitative estimate of drug-likeness (QED) is 0.831. The van der Waals surface area contributed by atoms with Gasteiger partial charge in [-0.1, -0.05) is 38.4 Å². The first-order chi connectivity index (χ1) is 9.44. The number of nitrogens with zero attached hydrogens (tertiary/aromatic N) is 1. The first kappa shape index (κ1) is 17.3. The number of likely N-dealkylation sites (N-methyl/N-ethyl adjacent to an activating group) is 1. The van der Waals surface area contributed by atoms with Crippen molar-refractivity contribution in [3.05, 3.63) is 28.8 Å². The summed E-state index contributed by atoms with van der Waals surface area (Å²) in [5.41, 5.74) is 7.55. The van der Waals surface area contributed by atoms with Gasteiger partial charge in [0.15, 0.2) is 0 Å². The first-order valence-corrected chi connectivity index (χ1v) is 7.66. The standard InChI is InChI=1S/C16H27ClN2O/c1-6-16(4,19(7-2)8-3)15(18)12-9-10-13(17)14(11-12)20-5/h9-11,15H,6-8,18H2,1-5H3. The molecule has 4 heteroatoms. The van der Waals surface area contributed by atoms with Crippen LogP contribution in [0.5, 0.6) is 5.75 Å². The number of ether oxygens (including phenoxy) is 1. The third-order valence-corrected chi connectivity index (χ3v) is 4.72. The van der Waals surface area contributed by atoms with Crippen molar-refractivity contribution < 1.29 is 4.74 Å². The van der Waals surface area contributed by atoms with Gasteiger partial charge in [0, 0.05) is 11.6 Å². The molecule has 1 aromatic carbocycles. The minimum Gasteiger partial charge on any atom is -0.495 e. The lowest BCUT2D eigenvalue weighted by atomic mass is 9.83. The fourth-order valence-corrected chi connectivity index (χ4v) is 3.01. The molecule has 0 bridgehead atoms. The molecule has 0 fully saturated rings. The lowest BCUT2D eigenvalue weighted by molar-refractivity contribution is 0.0844. The second kappa shape index (κ2) is 7.30. The Morgan fingerprint density at radius 3 is 2.35 bits per heavy atom. The third kappa shape index (κ3) is 3.27. The Kier molecular flexibility index (Phi) is 6.31. The topological polar surface area (TPSA) is 38.5 Å². The Morgan fingerprint density at radius 2 is 1.90 bits per heavy atom. The van der Waals surface area contributed by atoms with Crippen molar-refractivity contribution >= 4 is 11.6 Å². The van der Waals surface area contributed by atoms with Crippen LogP contribution in [-0.4, -0.2) is 30.6 Å². The molecule has 0 saturated heterocycles. The number of hydrogen-bond acceptors (Lipinski definition) is 3. The first-order valence-electron chi connectivity index (χ1n) is 7.28. The summed E-state index contributed by atoms with van der Waals surface area (Å²) in [5.74, 6) is 0.678. The number of rotatable bonds is 7. The molecule has 1 rings (SSSR count). The van der Waals surface area contributed by atoms with Crippen LogP contribution in [0, 0.1) is 0 Å². The highest BCUT2D eigenvalue weighted by atomic mass is 35.5. The second-order valence-electron chi connectivity index (χ2n) is 5.25. The molecule has 0 heterocycles. The summed E-state index contributed by atoms with van der Waals surface area (Å²) < 4.78 is 5.29. The summed E-state index contributed by atoms with van der Waals surface area (Å²) in [5, 5.41) is 0.615. The molecule has 2 N–H and O–H groups in total. The van der Waals surface area contributed by atoms with Crippen molar-refractivity contribution in [3.8, 4) is 5.75 Å². The van der Waals surface area contributed by atoms with Crippen LogP contribution < -0.4 is 10.5 Å². The van der Waals surface area contributed by atoms with Gasteiger partial charge in [0.2, 0.25) is 0 Å². The van der Waals surface area contributed by atoms with Crippen LogP contribution >= 0.6 is 11.6 Å². The van der Waals surface area contributed by atoms with Gasteiger partial charge in [-0.2, -0.15) is 0 Å². The maximum absolute atomic E-state index is 6.57. The Balaban J connectivity index is 3.16. The summed E-state index contributed by atoms with van der Waals surface area (Å²) in [6.45, 7) is 10.7. The lowest BCUT2D eigenvalue weighted by Crippen LogP contribution is -2.52. The SMILES string of the molecule is CCN(CC)C(C)(CC)C(N)c1ccc(Cl)c(OC)c1. The lowest BCUT2D eigenvalue weighted by Gasteiger charge is -2.44. The van der Waals surface area contributed by atoms with Crippen LogP contribution in [0.2, 0.25) is 5.02 Å². The smallest absolute Gasteiger partial charge is 0.137 e. The molecule has 0 aliphatic heterocycles. The molecule has 2 unspecified atom stereocenters. The molecule has 3 nitrogen and oxygen atoms in total. The van der Waals surface area contributed by atoms with Crippen molar-refractivity contribution in [2.45, 2.75) is 45.7 Å². The van der Waals surface area contributed by atoms with Crippen molar-refractivity contribution in [1.82, 2.24) is 4.90 Å². The van der Waals surface area contributed by atoms with Crippen molar-refractivity contribution in [1.29, 1.82) is 0 Å². The number of halogens is 1. The highest BCUT2D eigenvalue weighted by Gasteiger charge is 2.35. The van der Waals surface area contributed by atoms with E-state index in [1.54, 1.807) is 7.11 Å². The van der Waals surface area contributed by atoms with Gasteiger partial charge in [-0.15, -0.1) is 0 Å². The predicted molar refractivity (Wildman–Crippen MR) is 86.5 cm³/mol. The van der Waals surface area contributed by atoms with Crippen molar-refractivity contribution in [2.75, 3.05) is 20.2 Å². The Labute approximate surface area is 128 Å². The number of hydrogen-bond donors (Lipinski definition) is 1. The molecule has 0 spiro atoms. The van der Waals surface area contributed by atoms with E-state index in [4.69, 9.17) is 22.1 Å². The minimum absolute atomic E-state index is 0.0810. The molecule has 2 atom stereocenters. The van der Waals surface area contributed by atoms with E-state index in [9.17, 15) is 0 Å². The number of methoxy groups -OCH3 is 1. The van der Waals surface area contributed by atoms with Gasteiger partial charge in [-0.3, -0.25) is 4.90 Å². The van der Waals surface area contributed by atoms with E-state index < -0.39 is 0 Å². The molecule has 0 aliphatic carbocycles. The molecule has 0 radical (unpaired) electrons. The van der Waals surface area contributed by atoms with Crippen LogP contribution in [0.1, 0.15) is 45.7 Å². The van der Waals surface area contributed by atoms with Crippen molar-refractivity contribution in [2.24, 2.45) is 5.73 Å². The fourth-order valence-electron chi connectivity index (χ4n) is 2.82. The summed E-state index contributed by atoms with van der Waals surface area (Å²) in [7, 11) is 1.62. The molecule has 0 aliphatic rings. The Hall–Kier alpha value is -0.770. The highest BCUT2D eigenvalue weighted by Crippen LogP contribution is 2.35. The molecule has 20 heavy (non-hydrogen) atoms. The van der Waals surface area contributed by atoms with Crippen LogP contribution in [-0.2, 0) is 0 Å². The van der Waals surface area contributed by atoms with Gasteiger partial charge in [0.05, 0.1) is 12.1 Å². The average Bonchev–Trinajstić information content (AvgIpc) is 2.47. The van der Waals surface area contributed by atoms with Gasteiger partial charge in [0.25, 0.3) is 0 Å². The van der Waals surface area contributed by atoms with E-state index in [2.05, 4.69) is 32.6 Å². The van der Waals surface area contributed by atoms with Crippen LogP contribution in [0.25, 0.3) is 0 Å². The third-order valence-electron chi connectivity index (χ3n) is 4.41. The van der Waals surface area contributed by atoms with E-state index in [1.807, 2.05) is 18.2 Å². The zero-order chi connectivity index (χ0) is 15.3. The highest BCUT2D eigenvalue weighted by molar-refractivity contribution is 6.32. The monoisotopic (exact) mass is 298 g/mol. The van der Waals surface area contributed by atoms with E-state index in [-0.39, 0.29) is 11.6 Å². The summed E-state index contributed by atoms with van der Waals surface area (Å²) in [6, 6.07) is 5.71. The average molecular weight is 299 g/mol. The summed E-state index contributed by atoms with van der Waals surface area (Å²) in [6.07, 6.45) is 0.987. The normalized spacial score (nSPS) is 16.0. The Morgan fingerprint density at radius 1 is 1.30 bits per heavy atom. The molecular formula is C16H27ClN2O. The predicted octanol–water partition coefficient (Wildman–Crippen LogP) is 3.86. The largest absolute Gasteiger partial charge is 0.495 e. The summed E-state index contributed by atoms with van der Waals surface area (Å²) in [4.78, 5) is 2.42. The molecule has 0 aromatic heterocycles. The van der Waals surface area contributed by atoms with Gasteiger partial charge in [0.1, 0.15) is 5.75 Å². The van der Waals surface area contributed by atoms with Gasteiger partial charge in [-0.25, -0.2) is 0 Å². The zero-order valence-corrected chi connectivity index (χ0v) is 14.0. The van der Waals surface area contributed by atoms with Gasteiger partial charge < -0.3 is 10.5 Å². The maximum atomic E-state index is 6.57. The van der Waals surface area contributed by atoms with E-state index in [1.165, 1.54) is 0 Å². The Bertz CT molecular complexity index is 434. The van der Waals surface area contributed by atoms with Crippen LogP contribution in [0.4, 0.5) is 0 Å². The molecule has 0 saturated carbocycles. The van der Waals surface area contributed by atoms with Crippen LogP contribution in [0.15, 0.2) is 18.2 Å². The molecule has 114 valence electrons. The van der Waals surface area contributed by atoms with E-state index >= 15 is 0 Å². The maximum Gasteiger partial charge on any atom is 0.137 e. The molecule has 0 amide bonds.